The second-order valence-electron chi connectivity index (χ2n) is 8.48. The minimum atomic E-state index is -0.321. The van der Waals surface area contributed by atoms with Crippen LogP contribution >= 0.6 is 11.6 Å². The third-order valence-corrected chi connectivity index (χ3v) is 6.48. The molecule has 0 aromatic heterocycles. The largest absolute Gasteiger partial charge is 0.339 e. The number of nitrogens with one attached hydrogen (secondary N) is 1. The lowest BCUT2D eigenvalue weighted by Gasteiger charge is -2.32. The van der Waals surface area contributed by atoms with Crippen LogP contribution in [-0.2, 0) is 4.79 Å². The van der Waals surface area contributed by atoms with Crippen molar-refractivity contribution in [3.05, 3.63) is 64.7 Å². The molecule has 2 aromatic rings. The van der Waals surface area contributed by atoms with Crippen molar-refractivity contribution in [1.29, 1.82) is 0 Å². The van der Waals surface area contributed by atoms with Crippen LogP contribution in [0.2, 0.25) is 5.02 Å². The van der Waals surface area contributed by atoms with Crippen LogP contribution in [0.3, 0.4) is 0 Å². The summed E-state index contributed by atoms with van der Waals surface area (Å²) in [5.41, 5.74) is 1.62. The molecule has 1 N–H and O–H groups in total. The summed E-state index contributed by atoms with van der Waals surface area (Å²) in [4.78, 5) is 42.5. The molecule has 6 nitrogen and oxygen atoms in total. The van der Waals surface area contributed by atoms with E-state index in [0.717, 1.165) is 38.8 Å². The van der Waals surface area contributed by atoms with E-state index in [9.17, 15) is 14.4 Å². The molecule has 0 saturated carbocycles. The van der Waals surface area contributed by atoms with Crippen LogP contribution in [0.5, 0.6) is 0 Å². The molecular weight excluding hydrogens is 426 g/mol. The van der Waals surface area contributed by atoms with Crippen molar-refractivity contribution in [2.24, 2.45) is 5.92 Å². The first kappa shape index (κ1) is 22.3. The molecule has 1 atom stereocenters. The second kappa shape index (κ2) is 10.2. The highest BCUT2D eigenvalue weighted by Gasteiger charge is 2.30. The molecule has 0 aliphatic carbocycles. The van der Waals surface area contributed by atoms with Crippen molar-refractivity contribution in [3.8, 4) is 0 Å². The molecule has 1 unspecified atom stereocenters. The molecule has 2 aromatic carbocycles. The maximum Gasteiger partial charge on any atom is 0.255 e. The Labute approximate surface area is 193 Å². The summed E-state index contributed by atoms with van der Waals surface area (Å²) >= 11 is 5.92. The zero-order chi connectivity index (χ0) is 22.5. The molecule has 2 fully saturated rings. The van der Waals surface area contributed by atoms with Gasteiger partial charge in [0.15, 0.2) is 0 Å². The number of carbonyl (C=O) groups is 3. The summed E-state index contributed by atoms with van der Waals surface area (Å²) in [5.74, 6) is -0.612. The third kappa shape index (κ3) is 5.13. The van der Waals surface area contributed by atoms with Crippen LogP contribution in [0, 0.1) is 5.92 Å². The van der Waals surface area contributed by atoms with Crippen molar-refractivity contribution in [1.82, 2.24) is 9.80 Å². The van der Waals surface area contributed by atoms with Gasteiger partial charge in [-0.3, -0.25) is 14.4 Å². The molecular formula is C25H28ClN3O3. The van der Waals surface area contributed by atoms with Gasteiger partial charge in [0.25, 0.3) is 11.8 Å². The molecule has 2 saturated heterocycles. The van der Waals surface area contributed by atoms with Gasteiger partial charge in [-0.15, -0.1) is 0 Å². The number of carbonyl (C=O) groups excluding carboxylic acids is 3. The number of hydrogen-bond acceptors (Lipinski definition) is 3. The fourth-order valence-electron chi connectivity index (χ4n) is 4.43. The van der Waals surface area contributed by atoms with E-state index in [-0.39, 0.29) is 23.6 Å². The van der Waals surface area contributed by atoms with E-state index in [4.69, 9.17) is 11.6 Å². The van der Waals surface area contributed by atoms with E-state index in [1.807, 2.05) is 17.0 Å². The maximum atomic E-state index is 13.1. The molecule has 0 spiro atoms. The maximum absolute atomic E-state index is 13.1. The van der Waals surface area contributed by atoms with Crippen LogP contribution in [0.4, 0.5) is 5.69 Å². The number of nitrogens with zero attached hydrogens (tertiary/aromatic N) is 2. The van der Waals surface area contributed by atoms with Crippen LogP contribution < -0.4 is 5.32 Å². The molecule has 7 heteroatoms. The summed E-state index contributed by atoms with van der Waals surface area (Å²) in [6, 6.07) is 14.0. The summed E-state index contributed by atoms with van der Waals surface area (Å²) in [6.45, 7) is 2.49. The average Bonchev–Trinajstić information content (AvgIpc) is 2.84. The second-order valence-corrected chi connectivity index (χ2v) is 8.92. The Morgan fingerprint density at radius 3 is 2.25 bits per heavy atom. The molecule has 2 aliphatic rings. The lowest BCUT2D eigenvalue weighted by molar-refractivity contribution is -0.121. The predicted molar refractivity (Wildman–Crippen MR) is 125 cm³/mol. The van der Waals surface area contributed by atoms with Gasteiger partial charge in [-0.2, -0.15) is 0 Å². The number of halogens is 1. The molecule has 32 heavy (non-hydrogen) atoms. The van der Waals surface area contributed by atoms with E-state index in [0.29, 0.717) is 41.3 Å². The summed E-state index contributed by atoms with van der Waals surface area (Å²) in [5, 5.41) is 3.54. The van der Waals surface area contributed by atoms with Crippen molar-refractivity contribution < 1.29 is 14.4 Å². The Bertz CT molecular complexity index is 986. The van der Waals surface area contributed by atoms with Crippen LogP contribution in [-0.4, -0.2) is 53.7 Å². The normalized spacial score (nSPS) is 18.8. The average molecular weight is 454 g/mol. The highest BCUT2D eigenvalue weighted by Crippen LogP contribution is 2.24. The monoisotopic (exact) mass is 453 g/mol. The highest BCUT2D eigenvalue weighted by molar-refractivity contribution is 6.30. The summed E-state index contributed by atoms with van der Waals surface area (Å²) < 4.78 is 0. The molecule has 0 bridgehead atoms. The third-order valence-electron chi connectivity index (χ3n) is 6.23. The van der Waals surface area contributed by atoms with Gasteiger partial charge in [0, 0.05) is 36.8 Å². The fourth-order valence-corrected chi connectivity index (χ4v) is 4.56. The predicted octanol–water partition coefficient (Wildman–Crippen LogP) is 4.46. The van der Waals surface area contributed by atoms with Crippen LogP contribution in [0.25, 0.3) is 0 Å². The summed E-state index contributed by atoms with van der Waals surface area (Å²) in [6.07, 6.45) is 4.64. The number of rotatable bonds is 4. The molecule has 0 radical (unpaired) electrons. The van der Waals surface area contributed by atoms with Gasteiger partial charge in [-0.25, -0.2) is 0 Å². The van der Waals surface area contributed by atoms with E-state index in [1.165, 1.54) is 0 Å². The van der Waals surface area contributed by atoms with Crippen LogP contribution in [0.1, 0.15) is 52.8 Å². The zero-order valence-corrected chi connectivity index (χ0v) is 18.8. The van der Waals surface area contributed by atoms with Gasteiger partial charge in [0.2, 0.25) is 5.91 Å². The zero-order valence-electron chi connectivity index (χ0n) is 18.1. The number of hydrogen-bond donors (Lipinski definition) is 1. The smallest absolute Gasteiger partial charge is 0.255 e. The Morgan fingerprint density at radius 2 is 1.50 bits per heavy atom. The topological polar surface area (TPSA) is 69.7 Å². The fraction of sp³-hybridized carbons (Fsp3) is 0.400. The van der Waals surface area contributed by atoms with Crippen molar-refractivity contribution in [2.45, 2.75) is 32.1 Å². The molecule has 2 aliphatic heterocycles. The number of anilines is 1. The first-order chi connectivity index (χ1) is 15.5. The SMILES string of the molecule is O=C(Nc1ccccc1C(=O)N1CCCCC1)C1CCCN(C(=O)c2ccc(Cl)cc2)C1. The molecule has 2 heterocycles. The van der Waals surface area contributed by atoms with Gasteiger partial charge >= 0.3 is 0 Å². The van der Waals surface area contributed by atoms with E-state index in [1.54, 1.807) is 41.3 Å². The number of amides is 3. The first-order valence-electron chi connectivity index (χ1n) is 11.3. The Morgan fingerprint density at radius 1 is 0.812 bits per heavy atom. The van der Waals surface area contributed by atoms with E-state index in [2.05, 4.69) is 5.32 Å². The minimum absolute atomic E-state index is 0.0382. The molecule has 4 rings (SSSR count). The Balaban J connectivity index is 1.43. The van der Waals surface area contributed by atoms with Gasteiger partial charge < -0.3 is 15.1 Å². The summed E-state index contributed by atoms with van der Waals surface area (Å²) in [7, 11) is 0. The van der Waals surface area contributed by atoms with Gasteiger partial charge in [0.05, 0.1) is 17.2 Å². The lowest BCUT2D eigenvalue weighted by Crippen LogP contribution is -2.44. The standard InChI is InChI=1S/C25H28ClN3O3/c26-20-12-10-18(11-13-20)24(31)29-16-6-7-19(17-29)23(30)27-22-9-3-2-8-21(22)25(32)28-14-4-1-5-15-28/h2-3,8-13,19H,1,4-7,14-17H2,(H,27,30). The Kier molecular flexibility index (Phi) is 7.10. The lowest BCUT2D eigenvalue weighted by atomic mass is 9.96. The minimum Gasteiger partial charge on any atom is -0.339 e. The molecule has 3 amide bonds. The highest BCUT2D eigenvalue weighted by atomic mass is 35.5. The number of para-hydroxylation sites is 1. The number of piperidine rings is 2. The number of likely N-dealkylation sites (tertiary alicyclic amines) is 2. The van der Waals surface area contributed by atoms with Gasteiger partial charge in [-0.1, -0.05) is 23.7 Å². The van der Waals surface area contributed by atoms with Gasteiger partial charge in [0.1, 0.15) is 0 Å². The van der Waals surface area contributed by atoms with Crippen molar-refractivity contribution in [3.63, 3.8) is 0 Å². The quantitative estimate of drug-likeness (QED) is 0.743. The van der Waals surface area contributed by atoms with E-state index >= 15 is 0 Å². The van der Waals surface area contributed by atoms with Crippen LogP contribution in [0.15, 0.2) is 48.5 Å². The molecule has 168 valence electrons. The first-order valence-corrected chi connectivity index (χ1v) is 11.6. The Hall–Kier alpha value is -2.86. The van der Waals surface area contributed by atoms with E-state index < -0.39 is 0 Å². The van der Waals surface area contributed by atoms with Crippen molar-refractivity contribution >= 4 is 35.0 Å². The number of benzene rings is 2. The van der Waals surface area contributed by atoms with Gasteiger partial charge in [-0.05, 0) is 68.5 Å². The van der Waals surface area contributed by atoms with Crippen molar-refractivity contribution in [2.75, 3.05) is 31.5 Å².